The van der Waals surface area contributed by atoms with E-state index in [2.05, 4.69) is 37.6 Å². The Morgan fingerprint density at radius 2 is 1.76 bits per heavy atom. The van der Waals surface area contributed by atoms with Crippen LogP contribution in [0, 0.1) is 5.41 Å². The standard InChI is InChI=1S/C13H26N2O2/c1-13(2,3)5-10-17-12(16)11-15-8-6-14(4)7-9-15/h5-11H2,1-4H3. The lowest BCUT2D eigenvalue weighted by atomic mass is 9.93. The molecule has 0 saturated carbocycles. The van der Waals surface area contributed by atoms with Crippen LogP contribution in [-0.2, 0) is 9.53 Å². The normalized spacial score (nSPS) is 19.3. The van der Waals surface area contributed by atoms with Gasteiger partial charge >= 0.3 is 5.97 Å². The number of carbonyl (C=O) groups excluding carboxylic acids is 1. The van der Waals surface area contributed by atoms with Crippen LogP contribution in [-0.4, -0.2) is 62.1 Å². The van der Waals surface area contributed by atoms with Crippen LogP contribution in [0.5, 0.6) is 0 Å². The molecule has 0 unspecified atom stereocenters. The molecule has 0 N–H and O–H groups in total. The number of rotatable bonds is 4. The minimum absolute atomic E-state index is 0.0844. The average Bonchev–Trinajstić information content (AvgIpc) is 2.19. The molecule has 4 nitrogen and oxygen atoms in total. The van der Waals surface area contributed by atoms with Gasteiger partial charge in [0.2, 0.25) is 0 Å². The van der Waals surface area contributed by atoms with Gasteiger partial charge in [0.1, 0.15) is 0 Å². The Morgan fingerprint density at radius 3 is 2.29 bits per heavy atom. The molecule has 0 radical (unpaired) electrons. The lowest BCUT2D eigenvalue weighted by molar-refractivity contribution is -0.146. The molecule has 100 valence electrons. The molecule has 0 aromatic heterocycles. The van der Waals surface area contributed by atoms with E-state index in [1.54, 1.807) is 0 Å². The molecule has 0 atom stereocenters. The lowest BCUT2D eigenvalue weighted by Gasteiger charge is -2.31. The van der Waals surface area contributed by atoms with Crippen molar-refractivity contribution in [1.82, 2.24) is 9.80 Å². The summed E-state index contributed by atoms with van der Waals surface area (Å²) in [5.74, 6) is -0.0844. The van der Waals surface area contributed by atoms with Gasteiger partial charge in [-0.05, 0) is 18.9 Å². The van der Waals surface area contributed by atoms with E-state index < -0.39 is 0 Å². The van der Waals surface area contributed by atoms with E-state index in [4.69, 9.17) is 4.74 Å². The summed E-state index contributed by atoms with van der Waals surface area (Å²) in [5.41, 5.74) is 0.230. The lowest BCUT2D eigenvalue weighted by Crippen LogP contribution is -2.46. The van der Waals surface area contributed by atoms with Crippen molar-refractivity contribution < 1.29 is 9.53 Å². The third-order valence-electron chi connectivity index (χ3n) is 3.06. The Morgan fingerprint density at radius 1 is 1.18 bits per heavy atom. The molecule has 1 heterocycles. The molecule has 1 aliphatic heterocycles. The Bertz CT molecular complexity index is 240. The second-order valence-corrected chi connectivity index (χ2v) is 6.11. The molecular weight excluding hydrogens is 216 g/mol. The number of esters is 1. The Labute approximate surface area is 105 Å². The van der Waals surface area contributed by atoms with Gasteiger partial charge < -0.3 is 9.64 Å². The maximum Gasteiger partial charge on any atom is 0.320 e. The summed E-state index contributed by atoms with van der Waals surface area (Å²) in [6, 6.07) is 0. The van der Waals surface area contributed by atoms with Crippen LogP contribution in [0.1, 0.15) is 27.2 Å². The van der Waals surface area contributed by atoms with Gasteiger partial charge in [0.15, 0.2) is 0 Å². The first kappa shape index (κ1) is 14.5. The fourth-order valence-corrected chi connectivity index (χ4v) is 1.71. The van der Waals surface area contributed by atoms with Gasteiger partial charge in [0.25, 0.3) is 0 Å². The molecule has 0 aliphatic carbocycles. The SMILES string of the molecule is CN1CCN(CC(=O)OCCC(C)(C)C)CC1. The number of likely N-dealkylation sites (N-methyl/N-ethyl adjacent to an activating group) is 1. The summed E-state index contributed by atoms with van der Waals surface area (Å²) in [6.07, 6.45) is 0.918. The highest BCUT2D eigenvalue weighted by Crippen LogP contribution is 2.17. The summed E-state index contributed by atoms with van der Waals surface area (Å²) in [7, 11) is 2.11. The van der Waals surface area contributed by atoms with Crippen molar-refractivity contribution in [2.24, 2.45) is 5.41 Å². The molecule has 0 bridgehead atoms. The van der Waals surface area contributed by atoms with E-state index in [0.29, 0.717) is 13.2 Å². The number of hydrogen-bond donors (Lipinski definition) is 0. The summed E-state index contributed by atoms with van der Waals surface area (Å²) < 4.78 is 5.25. The van der Waals surface area contributed by atoms with E-state index >= 15 is 0 Å². The molecule has 1 rings (SSSR count). The molecule has 0 amide bonds. The number of ether oxygens (including phenoxy) is 1. The van der Waals surface area contributed by atoms with Crippen molar-refractivity contribution in [3.8, 4) is 0 Å². The molecule has 0 spiro atoms. The van der Waals surface area contributed by atoms with E-state index in [1.807, 2.05) is 0 Å². The van der Waals surface area contributed by atoms with E-state index in [-0.39, 0.29) is 11.4 Å². The molecule has 0 aromatic rings. The quantitative estimate of drug-likeness (QED) is 0.694. The maximum atomic E-state index is 11.6. The number of piperazine rings is 1. The van der Waals surface area contributed by atoms with Crippen LogP contribution in [0.3, 0.4) is 0 Å². The predicted octanol–water partition coefficient (Wildman–Crippen LogP) is 1.21. The van der Waals surface area contributed by atoms with Crippen LogP contribution in [0.4, 0.5) is 0 Å². The van der Waals surface area contributed by atoms with Crippen LogP contribution in [0.25, 0.3) is 0 Å². The van der Waals surface area contributed by atoms with Gasteiger partial charge in [-0.25, -0.2) is 0 Å². The molecular formula is C13H26N2O2. The minimum atomic E-state index is -0.0844. The summed E-state index contributed by atoms with van der Waals surface area (Å²) >= 11 is 0. The first-order valence-electron chi connectivity index (χ1n) is 6.43. The zero-order valence-electron chi connectivity index (χ0n) is 11.7. The van der Waals surface area contributed by atoms with Gasteiger partial charge in [-0.15, -0.1) is 0 Å². The summed E-state index contributed by atoms with van der Waals surface area (Å²) in [6.45, 7) is 11.4. The topological polar surface area (TPSA) is 32.8 Å². The molecule has 1 fully saturated rings. The monoisotopic (exact) mass is 242 g/mol. The highest BCUT2D eigenvalue weighted by molar-refractivity contribution is 5.71. The Kier molecular flexibility index (Phi) is 5.40. The van der Waals surface area contributed by atoms with Gasteiger partial charge in [-0.1, -0.05) is 20.8 Å². The Hall–Kier alpha value is -0.610. The van der Waals surface area contributed by atoms with Crippen LogP contribution in [0.2, 0.25) is 0 Å². The van der Waals surface area contributed by atoms with E-state index in [9.17, 15) is 4.79 Å². The third kappa shape index (κ3) is 6.64. The van der Waals surface area contributed by atoms with Crippen molar-refractivity contribution in [1.29, 1.82) is 0 Å². The number of carbonyl (C=O) groups is 1. The molecule has 1 aliphatic rings. The van der Waals surface area contributed by atoms with Crippen molar-refractivity contribution in [3.63, 3.8) is 0 Å². The minimum Gasteiger partial charge on any atom is -0.465 e. The van der Waals surface area contributed by atoms with Gasteiger partial charge in [0, 0.05) is 26.2 Å². The highest BCUT2D eigenvalue weighted by atomic mass is 16.5. The zero-order valence-corrected chi connectivity index (χ0v) is 11.7. The largest absolute Gasteiger partial charge is 0.465 e. The van der Waals surface area contributed by atoms with Gasteiger partial charge in [-0.3, -0.25) is 9.69 Å². The van der Waals surface area contributed by atoms with Crippen LogP contribution >= 0.6 is 0 Å². The second-order valence-electron chi connectivity index (χ2n) is 6.11. The average molecular weight is 242 g/mol. The first-order chi connectivity index (χ1) is 7.87. The number of nitrogens with zero attached hydrogens (tertiary/aromatic N) is 2. The van der Waals surface area contributed by atoms with Crippen molar-refractivity contribution >= 4 is 5.97 Å². The molecule has 1 saturated heterocycles. The van der Waals surface area contributed by atoms with E-state index in [1.165, 1.54) is 0 Å². The first-order valence-corrected chi connectivity index (χ1v) is 6.43. The van der Waals surface area contributed by atoms with E-state index in [0.717, 1.165) is 32.6 Å². The molecule has 0 aromatic carbocycles. The summed E-state index contributed by atoms with van der Waals surface area (Å²) in [4.78, 5) is 16.0. The van der Waals surface area contributed by atoms with Crippen molar-refractivity contribution in [3.05, 3.63) is 0 Å². The fraction of sp³-hybridized carbons (Fsp3) is 0.923. The van der Waals surface area contributed by atoms with Gasteiger partial charge in [0.05, 0.1) is 13.2 Å². The third-order valence-corrected chi connectivity index (χ3v) is 3.06. The molecule has 4 heteroatoms. The fourth-order valence-electron chi connectivity index (χ4n) is 1.71. The smallest absolute Gasteiger partial charge is 0.320 e. The summed E-state index contributed by atoms with van der Waals surface area (Å²) in [5, 5.41) is 0. The van der Waals surface area contributed by atoms with Crippen LogP contribution < -0.4 is 0 Å². The van der Waals surface area contributed by atoms with Crippen molar-refractivity contribution in [2.45, 2.75) is 27.2 Å². The molecule has 17 heavy (non-hydrogen) atoms. The highest BCUT2D eigenvalue weighted by Gasteiger charge is 2.17. The second kappa shape index (κ2) is 6.36. The predicted molar refractivity (Wildman–Crippen MR) is 69.0 cm³/mol. The zero-order chi connectivity index (χ0) is 12.9. The van der Waals surface area contributed by atoms with Crippen molar-refractivity contribution in [2.75, 3.05) is 46.4 Å². The maximum absolute atomic E-state index is 11.6. The van der Waals surface area contributed by atoms with Gasteiger partial charge in [-0.2, -0.15) is 0 Å². The Balaban J connectivity index is 2.13. The van der Waals surface area contributed by atoms with Crippen LogP contribution in [0.15, 0.2) is 0 Å². The number of hydrogen-bond acceptors (Lipinski definition) is 4.